The first-order valence-corrected chi connectivity index (χ1v) is 3.89. The summed E-state index contributed by atoms with van der Waals surface area (Å²) in [6.45, 7) is 3.63. The Hall–Kier alpha value is -1.36. The summed E-state index contributed by atoms with van der Waals surface area (Å²) in [7, 11) is 0. The van der Waals surface area contributed by atoms with E-state index in [-0.39, 0.29) is 0 Å². The highest BCUT2D eigenvalue weighted by Gasteiger charge is 2.39. The summed E-state index contributed by atoms with van der Waals surface area (Å²) >= 11 is 0. The lowest BCUT2D eigenvalue weighted by atomic mass is 9.96. The molecule has 13 heavy (non-hydrogen) atoms. The maximum absolute atomic E-state index is 11.0. The topological polar surface area (TPSA) is 86.6 Å². The predicted molar refractivity (Wildman–Crippen MR) is 42.9 cm³/mol. The van der Waals surface area contributed by atoms with E-state index in [0.29, 0.717) is 12.8 Å². The van der Waals surface area contributed by atoms with Gasteiger partial charge in [0.15, 0.2) is 0 Å². The van der Waals surface area contributed by atoms with Crippen molar-refractivity contribution in [3.63, 3.8) is 0 Å². The van der Waals surface area contributed by atoms with E-state index in [4.69, 9.17) is 10.3 Å². The number of hydrogen-bond acceptors (Lipinski definition) is 3. The molecule has 1 aliphatic rings. The highest BCUT2D eigenvalue weighted by Crippen LogP contribution is 2.35. The van der Waals surface area contributed by atoms with Crippen molar-refractivity contribution in [2.75, 3.05) is 0 Å². The lowest BCUT2D eigenvalue weighted by molar-refractivity contribution is -0.148. The SMILES string of the molecule is C=C1C[C@H](C(=O)O)[C@@H](C(=O)NO)C1. The minimum atomic E-state index is -1.02. The van der Waals surface area contributed by atoms with Crippen LogP contribution in [0.3, 0.4) is 0 Å². The molecule has 2 atom stereocenters. The largest absolute Gasteiger partial charge is 0.481 e. The number of carbonyl (C=O) groups is 2. The van der Waals surface area contributed by atoms with Crippen LogP contribution < -0.4 is 5.48 Å². The summed E-state index contributed by atoms with van der Waals surface area (Å²) in [5.41, 5.74) is 2.21. The van der Waals surface area contributed by atoms with Crippen LogP contribution in [0.4, 0.5) is 0 Å². The molecule has 1 aliphatic carbocycles. The Kier molecular flexibility index (Phi) is 2.67. The Morgan fingerprint density at radius 3 is 2.38 bits per heavy atom. The minimum Gasteiger partial charge on any atom is -0.481 e. The van der Waals surface area contributed by atoms with Gasteiger partial charge in [0.25, 0.3) is 0 Å². The number of carboxylic acid groups (broad SMARTS) is 1. The number of hydrogen-bond donors (Lipinski definition) is 3. The Balaban J connectivity index is 2.77. The quantitative estimate of drug-likeness (QED) is 0.325. The van der Waals surface area contributed by atoms with Crippen molar-refractivity contribution in [3.05, 3.63) is 12.2 Å². The van der Waals surface area contributed by atoms with Gasteiger partial charge in [0, 0.05) is 0 Å². The maximum Gasteiger partial charge on any atom is 0.307 e. The Labute approximate surface area is 75.0 Å². The third-order valence-electron chi connectivity index (χ3n) is 2.27. The first-order chi connectivity index (χ1) is 6.06. The molecule has 0 heterocycles. The minimum absolute atomic E-state index is 0.313. The van der Waals surface area contributed by atoms with Crippen LogP contribution in [0.25, 0.3) is 0 Å². The van der Waals surface area contributed by atoms with E-state index >= 15 is 0 Å². The molecule has 1 rings (SSSR count). The number of rotatable bonds is 2. The van der Waals surface area contributed by atoms with Crippen molar-refractivity contribution in [3.8, 4) is 0 Å². The fourth-order valence-corrected chi connectivity index (χ4v) is 1.61. The fourth-order valence-electron chi connectivity index (χ4n) is 1.61. The standard InChI is InChI=1S/C8H11NO4/c1-4-2-5(7(10)9-13)6(3-4)8(11)12/h5-6,13H,1-3H2,(H,9,10)(H,11,12)/t5-,6-/m0/s1. The summed E-state index contributed by atoms with van der Waals surface area (Å²) in [4.78, 5) is 21.7. The highest BCUT2D eigenvalue weighted by atomic mass is 16.5. The van der Waals surface area contributed by atoms with E-state index in [9.17, 15) is 9.59 Å². The zero-order valence-electron chi connectivity index (χ0n) is 6.99. The van der Waals surface area contributed by atoms with Crippen LogP contribution in [0.15, 0.2) is 12.2 Å². The van der Waals surface area contributed by atoms with Crippen molar-refractivity contribution < 1.29 is 19.9 Å². The number of carboxylic acids is 1. The maximum atomic E-state index is 11.0. The van der Waals surface area contributed by atoms with E-state index in [1.54, 1.807) is 0 Å². The number of hydroxylamine groups is 1. The number of nitrogens with one attached hydrogen (secondary N) is 1. The second-order valence-electron chi connectivity index (χ2n) is 3.19. The summed E-state index contributed by atoms with van der Waals surface area (Å²) in [5, 5.41) is 17.1. The number of carbonyl (C=O) groups excluding carboxylic acids is 1. The molecule has 0 spiro atoms. The van der Waals surface area contributed by atoms with Crippen LogP contribution in [0, 0.1) is 11.8 Å². The molecular weight excluding hydrogens is 174 g/mol. The molecule has 1 fully saturated rings. The normalized spacial score (nSPS) is 27.3. The smallest absolute Gasteiger partial charge is 0.307 e. The summed E-state index contributed by atoms with van der Waals surface area (Å²) in [5.74, 6) is -3.10. The van der Waals surface area contributed by atoms with Crippen LogP contribution in [0.5, 0.6) is 0 Å². The van der Waals surface area contributed by atoms with Crippen molar-refractivity contribution in [2.24, 2.45) is 11.8 Å². The van der Waals surface area contributed by atoms with Crippen molar-refractivity contribution in [1.82, 2.24) is 5.48 Å². The van der Waals surface area contributed by atoms with Crippen LogP contribution in [0.1, 0.15) is 12.8 Å². The molecule has 3 N–H and O–H groups in total. The van der Waals surface area contributed by atoms with Gasteiger partial charge in [0.1, 0.15) is 0 Å². The van der Waals surface area contributed by atoms with Gasteiger partial charge < -0.3 is 5.11 Å². The fraction of sp³-hybridized carbons (Fsp3) is 0.500. The van der Waals surface area contributed by atoms with E-state index in [2.05, 4.69) is 6.58 Å². The first kappa shape index (κ1) is 9.73. The number of allylic oxidation sites excluding steroid dienone is 1. The molecule has 1 saturated carbocycles. The second-order valence-corrected chi connectivity index (χ2v) is 3.19. The van der Waals surface area contributed by atoms with E-state index in [1.807, 2.05) is 0 Å². The predicted octanol–water partition coefficient (Wildman–Crippen LogP) is 0.159. The lowest BCUT2D eigenvalue weighted by Gasteiger charge is -2.11. The molecule has 0 aromatic carbocycles. The van der Waals surface area contributed by atoms with Gasteiger partial charge in [-0.1, -0.05) is 12.2 Å². The number of amides is 1. The van der Waals surface area contributed by atoms with E-state index < -0.39 is 23.7 Å². The van der Waals surface area contributed by atoms with E-state index in [1.165, 1.54) is 5.48 Å². The molecule has 0 aliphatic heterocycles. The van der Waals surface area contributed by atoms with Crippen LogP contribution in [-0.4, -0.2) is 22.2 Å². The third-order valence-corrected chi connectivity index (χ3v) is 2.27. The number of aliphatic carboxylic acids is 1. The summed E-state index contributed by atoms with van der Waals surface area (Å²) < 4.78 is 0. The van der Waals surface area contributed by atoms with Gasteiger partial charge in [-0.2, -0.15) is 0 Å². The van der Waals surface area contributed by atoms with E-state index in [0.717, 1.165) is 5.57 Å². The van der Waals surface area contributed by atoms with Crippen molar-refractivity contribution >= 4 is 11.9 Å². The summed E-state index contributed by atoms with van der Waals surface area (Å²) in [6.07, 6.45) is 0.650. The molecule has 72 valence electrons. The third kappa shape index (κ3) is 1.86. The van der Waals surface area contributed by atoms with Crippen molar-refractivity contribution in [1.29, 1.82) is 0 Å². The van der Waals surface area contributed by atoms with Gasteiger partial charge in [-0.15, -0.1) is 0 Å². The Morgan fingerprint density at radius 2 is 1.92 bits per heavy atom. The molecule has 0 aromatic rings. The molecule has 0 aromatic heterocycles. The molecular formula is C8H11NO4. The van der Waals surface area contributed by atoms with Gasteiger partial charge in [-0.05, 0) is 12.8 Å². The molecule has 1 amide bonds. The average molecular weight is 185 g/mol. The highest BCUT2D eigenvalue weighted by molar-refractivity contribution is 5.85. The van der Waals surface area contributed by atoms with Crippen LogP contribution in [0.2, 0.25) is 0 Å². The van der Waals surface area contributed by atoms with Crippen LogP contribution >= 0.6 is 0 Å². The molecule has 0 radical (unpaired) electrons. The molecule has 0 unspecified atom stereocenters. The zero-order chi connectivity index (χ0) is 10.0. The van der Waals surface area contributed by atoms with Crippen LogP contribution in [-0.2, 0) is 9.59 Å². The second kappa shape index (κ2) is 3.57. The monoisotopic (exact) mass is 185 g/mol. The summed E-state index contributed by atoms with van der Waals surface area (Å²) in [6, 6.07) is 0. The van der Waals surface area contributed by atoms with Gasteiger partial charge in [0.05, 0.1) is 11.8 Å². The molecule has 0 bridgehead atoms. The average Bonchev–Trinajstić information content (AvgIpc) is 2.46. The van der Waals surface area contributed by atoms with Crippen molar-refractivity contribution in [2.45, 2.75) is 12.8 Å². The first-order valence-electron chi connectivity index (χ1n) is 3.89. The molecule has 0 saturated heterocycles. The van der Waals surface area contributed by atoms with Gasteiger partial charge in [-0.25, -0.2) is 5.48 Å². The Morgan fingerprint density at radius 1 is 1.38 bits per heavy atom. The van der Waals surface area contributed by atoms with Gasteiger partial charge in [-0.3, -0.25) is 14.8 Å². The van der Waals surface area contributed by atoms with Gasteiger partial charge >= 0.3 is 5.97 Å². The van der Waals surface area contributed by atoms with Gasteiger partial charge in [0.2, 0.25) is 5.91 Å². The zero-order valence-corrected chi connectivity index (χ0v) is 6.99. The molecule has 5 nitrogen and oxygen atoms in total. The Bertz CT molecular complexity index is 261. The lowest BCUT2D eigenvalue weighted by Crippen LogP contribution is -2.33. The molecule has 5 heteroatoms.